The molecule has 0 aliphatic heterocycles. The SMILES string of the molecule is COc1ccc(CC(C)(N)c2cccc(Br)c2)cc1F. The van der Waals surface area contributed by atoms with E-state index in [2.05, 4.69) is 15.9 Å². The van der Waals surface area contributed by atoms with E-state index in [4.69, 9.17) is 10.5 Å². The first-order chi connectivity index (χ1) is 9.42. The Morgan fingerprint density at radius 1 is 1.25 bits per heavy atom. The van der Waals surface area contributed by atoms with Crippen LogP contribution in [0, 0.1) is 5.82 Å². The van der Waals surface area contributed by atoms with Crippen molar-refractivity contribution in [1.29, 1.82) is 0 Å². The van der Waals surface area contributed by atoms with Crippen LogP contribution in [0.5, 0.6) is 5.75 Å². The molecule has 2 N–H and O–H groups in total. The summed E-state index contributed by atoms with van der Waals surface area (Å²) in [6, 6.07) is 12.8. The molecule has 0 amide bonds. The van der Waals surface area contributed by atoms with Crippen molar-refractivity contribution in [1.82, 2.24) is 0 Å². The summed E-state index contributed by atoms with van der Waals surface area (Å²) in [5, 5.41) is 0. The van der Waals surface area contributed by atoms with Gasteiger partial charge in [0.2, 0.25) is 0 Å². The minimum Gasteiger partial charge on any atom is -0.494 e. The van der Waals surface area contributed by atoms with Crippen molar-refractivity contribution in [3.63, 3.8) is 0 Å². The highest BCUT2D eigenvalue weighted by molar-refractivity contribution is 9.10. The minimum absolute atomic E-state index is 0.245. The number of benzene rings is 2. The molecule has 0 aliphatic carbocycles. The Morgan fingerprint density at radius 3 is 2.60 bits per heavy atom. The van der Waals surface area contributed by atoms with Gasteiger partial charge in [-0.05, 0) is 48.7 Å². The van der Waals surface area contributed by atoms with Gasteiger partial charge >= 0.3 is 0 Å². The molecule has 0 bridgehead atoms. The summed E-state index contributed by atoms with van der Waals surface area (Å²) in [6.07, 6.45) is 0.546. The Morgan fingerprint density at radius 2 is 2.00 bits per heavy atom. The largest absolute Gasteiger partial charge is 0.494 e. The van der Waals surface area contributed by atoms with E-state index in [9.17, 15) is 4.39 Å². The summed E-state index contributed by atoms with van der Waals surface area (Å²) < 4.78 is 19.6. The first kappa shape index (κ1) is 15.0. The second-order valence-corrected chi connectivity index (χ2v) is 5.99. The average molecular weight is 338 g/mol. The lowest BCUT2D eigenvalue weighted by Crippen LogP contribution is -2.35. The van der Waals surface area contributed by atoms with E-state index in [0.717, 1.165) is 15.6 Å². The molecule has 2 aromatic rings. The molecule has 0 aromatic heterocycles. The molecule has 0 radical (unpaired) electrons. The van der Waals surface area contributed by atoms with Gasteiger partial charge in [0, 0.05) is 10.0 Å². The molecular weight excluding hydrogens is 321 g/mol. The number of rotatable bonds is 4. The van der Waals surface area contributed by atoms with Crippen molar-refractivity contribution < 1.29 is 9.13 Å². The molecule has 106 valence electrons. The third-order valence-electron chi connectivity index (χ3n) is 3.27. The molecule has 0 saturated carbocycles. The van der Waals surface area contributed by atoms with Crippen molar-refractivity contribution in [3.05, 3.63) is 63.9 Å². The Hall–Kier alpha value is -1.39. The second kappa shape index (κ2) is 5.94. The maximum atomic E-state index is 13.7. The summed E-state index contributed by atoms with van der Waals surface area (Å²) in [5.74, 6) is -0.120. The Kier molecular flexibility index (Phi) is 4.45. The van der Waals surface area contributed by atoms with Gasteiger partial charge in [0.05, 0.1) is 7.11 Å². The zero-order valence-electron chi connectivity index (χ0n) is 11.5. The number of ether oxygens (including phenoxy) is 1. The van der Waals surface area contributed by atoms with Crippen LogP contribution in [0.3, 0.4) is 0 Å². The maximum Gasteiger partial charge on any atom is 0.165 e. The van der Waals surface area contributed by atoms with Gasteiger partial charge in [-0.15, -0.1) is 0 Å². The van der Waals surface area contributed by atoms with Gasteiger partial charge in [-0.2, -0.15) is 0 Å². The van der Waals surface area contributed by atoms with Crippen LogP contribution in [0.1, 0.15) is 18.1 Å². The van der Waals surface area contributed by atoms with Crippen LogP contribution in [0.4, 0.5) is 4.39 Å². The number of nitrogens with two attached hydrogens (primary N) is 1. The zero-order chi connectivity index (χ0) is 14.8. The van der Waals surface area contributed by atoms with Crippen molar-refractivity contribution in [2.45, 2.75) is 18.9 Å². The molecule has 0 spiro atoms. The molecule has 2 nitrogen and oxygen atoms in total. The summed E-state index contributed by atoms with van der Waals surface area (Å²) in [6.45, 7) is 1.94. The van der Waals surface area contributed by atoms with Crippen molar-refractivity contribution >= 4 is 15.9 Å². The average Bonchev–Trinajstić information content (AvgIpc) is 2.38. The summed E-state index contributed by atoms with van der Waals surface area (Å²) >= 11 is 3.44. The molecule has 2 aromatic carbocycles. The topological polar surface area (TPSA) is 35.2 Å². The molecule has 4 heteroatoms. The molecule has 0 heterocycles. The van der Waals surface area contributed by atoms with E-state index in [1.165, 1.54) is 13.2 Å². The summed E-state index contributed by atoms with van der Waals surface area (Å²) in [4.78, 5) is 0. The van der Waals surface area contributed by atoms with Gasteiger partial charge in [-0.3, -0.25) is 0 Å². The first-order valence-corrected chi connectivity index (χ1v) is 7.09. The van der Waals surface area contributed by atoms with Crippen LogP contribution >= 0.6 is 15.9 Å². The monoisotopic (exact) mass is 337 g/mol. The maximum absolute atomic E-state index is 13.7. The van der Waals surface area contributed by atoms with Gasteiger partial charge in [-0.1, -0.05) is 34.1 Å². The van der Waals surface area contributed by atoms with Crippen LogP contribution < -0.4 is 10.5 Å². The predicted octanol–water partition coefficient (Wildman–Crippen LogP) is 4.01. The number of hydrogen-bond acceptors (Lipinski definition) is 2. The predicted molar refractivity (Wildman–Crippen MR) is 82.3 cm³/mol. The number of methoxy groups -OCH3 is 1. The molecule has 0 fully saturated rings. The van der Waals surface area contributed by atoms with Crippen LogP contribution in [-0.4, -0.2) is 7.11 Å². The lowest BCUT2D eigenvalue weighted by Gasteiger charge is -2.26. The summed E-state index contributed by atoms with van der Waals surface area (Å²) in [5.41, 5.74) is 7.66. The third kappa shape index (κ3) is 3.38. The highest BCUT2D eigenvalue weighted by Crippen LogP contribution is 2.27. The van der Waals surface area contributed by atoms with E-state index < -0.39 is 5.54 Å². The molecule has 1 unspecified atom stereocenters. The standard InChI is InChI=1S/C16H17BrFNO/c1-16(19,12-4-3-5-13(17)9-12)10-11-6-7-15(20-2)14(18)8-11/h3-9H,10,19H2,1-2H3. The highest BCUT2D eigenvalue weighted by Gasteiger charge is 2.22. The van der Waals surface area contributed by atoms with Gasteiger partial charge in [0.15, 0.2) is 11.6 Å². The van der Waals surface area contributed by atoms with Crippen molar-refractivity contribution in [2.24, 2.45) is 5.73 Å². The fourth-order valence-corrected chi connectivity index (χ4v) is 2.59. The van der Waals surface area contributed by atoms with Crippen LogP contribution in [0.15, 0.2) is 46.9 Å². The summed E-state index contributed by atoms with van der Waals surface area (Å²) in [7, 11) is 1.45. The molecule has 20 heavy (non-hydrogen) atoms. The molecule has 2 rings (SSSR count). The number of halogens is 2. The van der Waals surface area contributed by atoms with E-state index >= 15 is 0 Å². The second-order valence-electron chi connectivity index (χ2n) is 5.07. The van der Waals surface area contributed by atoms with Gasteiger partial charge in [0.25, 0.3) is 0 Å². The van der Waals surface area contributed by atoms with Crippen LogP contribution in [0.25, 0.3) is 0 Å². The van der Waals surface area contributed by atoms with Crippen LogP contribution in [-0.2, 0) is 12.0 Å². The first-order valence-electron chi connectivity index (χ1n) is 6.30. The van der Waals surface area contributed by atoms with E-state index in [1.54, 1.807) is 6.07 Å². The molecule has 1 atom stereocenters. The molecular formula is C16H17BrFNO. The quantitative estimate of drug-likeness (QED) is 0.914. The molecule has 0 saturated heterocycles. The smallest absolute Gasteiger partial charge is 0.165 e. The van der Waals surface area contributed by atoms with Gasteiger partial charge < -0.3 is 10.5 Å². The lowest BCUT2D eigenvalue weighted by atomic mass is 9.86. The molecule has 0 aliphatic rings. The lowest BCUT2D eigenvalue weighted by molar-refractivity contribution is 0.385. The number of hydrogen-bond donors (Lipinski definition) is 1. The van der Waals surface area contributed by atoms with Crippen molar-refractivity contribution in [3.8, 4) is 5.75 Å². The van der Waals surface area contributed by atoms with Gasteiger partial charge in [-0.25, -0.2) is 4.39 Å². The highest BCUT2D eigenvalue weighted by atomic mass is 79.9. The Bertz CT molecular complexity index is 613. The Labute approximate surface area is 126 Å². The van der Waals surface area contributed by atoms with E-state index in [1.807, 2.05) is 37.3 Å². The normalized spacial score (nSPS) is 13.8. The minimum atomic E-state index is -0.565. The van der Waals surface area contributed by atoms with Crippen molar-refractivity contribution in [2.75, 3.05) is 7.11 Å². The van der Waals surface area contributed by atoms with Crippen LogP contribution in [0.2, 0.25) is 0 Å². The third-order valence-corrected chi connectivity index (χ3v) is 3.76. The zero-order valence-corrected chi connectivity index (χ0v) is 13.1. The van der Waals surface area contributed by atoms with E-state index in [0.29, 0.717) is 6.42 Å². The van der Waals surface area contributed by atoms with E-state index in [-0.39, 0.29) is 11.6 Å². The fourth-order valence-electron chi connectivity index (χ4n) is 2.19. The Balaban J connectivity index is 2.26. The fraction of sp³-hybridized carbons (Fsp3) is 0.250. The van der Waals surface area contributed by atoms with Gasteiger partial charge in [0.1, 0.15) is 0 Å².